The molecule has 0 aliphatic heterocycles. The van der Waals surface area contributed by atoms with Gasteiger partial charge in [0.25, 0.3) is 8.32 Å². The molecule has 0 aromatic carbocycles. The summed E-state index contributed by atoms with van der Waals surface area (Å²) in [7, 11) is -4.51. The fourth-order valence-electron chi connectivity index (χ4n) is 1.87. The summed E-state index contributed by atoms with van der Waals surface area (Å²) in [4.78, 5) is 41.0. The zero-order valence-corrected chi connectivity index (χ0v) is 23.1. The van der Waals surface area contributed by atoms with E-state index in [2.05, 4.69) is 44.2 Å². The Morgan fingerprint density at radius 1 is 0.900 bits per heavy atom. The van der Waals surface area contributed by atoms with E-state index >= 15 is 0 Å². The van der Waals surface area contributed by atoms with Gasteiger partial charge in [-0.05, 0) is 29.1 Å². The molecule has 0 radical (unpaired) electrons. The van der Waals surface area contributed by atoms with Crippen LogP contribution in [0.25, 0.3) is 0 Å². The third kappa shape index (κ3) is 9.20. The minimum Gasteiger partial charge on any atom is -0.518 e. The van der Waals surface area contributed by atoms with Crippen molar-refractivity contribution in [2.24, 2.45) is 5.92 Å². The molecular formula is C21H44N2O5Si2. The Kier molecular flexibility index (Phi) is 9.84. The second-order valence-corrected chi connectivity index (χ2v) is 21.2. The van der Waals surface area contributed by atoms with Crippen LogP contribution >= 0.6 is 0 Å². The number of hydrogen-bond acceptors (Lipinski definition) is 5. The molecule has 7 nitrogen and oxygen atoms in total. The molecule has 2 N–H and O–H groups in total. The van der Waals surface area contributed by atoms with Crippen LogP contribution in [-0.2, 0) is 18.8 Å². The summed E-state index contributed by atoms with van der Waals surface area (Å²) < 4.78 is 11.0. The molecule has 30 heavy (non-hydrogen) atoms. The maximum Gasteiger partial charge on any atom is 0.407 e. The van der Waals surface area contributed by atoms with Crippen LogP contribution in [0.1, 0.15) is 61.8 Å². The van der Waals surface area contributed by atoms with Crippen LogP contribution in [0.15, 0.2) is 0 Å². The van der Waals surface area contributed by atoms with E-state index in [4.69, 9.17) is 9.16 Å². The van der Waals surface area contributed by atoms with Gasteiger partial charge in [-0.2, -0.15) is 0 Å². The molecule has 0 rings (SSSR count). The van der Waals surface area contributed by atoms with Gasteiger partial charge in [0, 0.05) is 0 Å². The number of carbonyl (C=O) groups excluding carboxylic acids is 3. The molecule has 1 unspecified atom stereocenters. The second kappa shape index (κ2) is 10.3. The second-order valence-electron chi connectivity index (χ2n) is 11.5. The van der Waals surface area contributed by atoms with Gasteiger partial charge in [0.1, 0.15) is 6.04 Å². The quantitative estimate of drug-likeness (QED) is 0.508. The summed E-state index contributed by atoms with van der Waals surface area (Å²) in [6.07, 6.45) is -0.905. The first-order valence-corrected chi connectivity index (χ1v) is 16.6. The Labute approximate surface area is 185 Å². The molecule has 0 heterocycles. The standard InChI is InChI=1S/C21H44N2O5Si2/c1-15(2)14-27-19(26)22-16(18(25)28-30(11,12)21(6,7)8)13-17(24)23-29(9,10)20(3,4)5/h15-16H,13-14H2,1-12H3,(H,22,26)(H,23,24). The van der Waals surface area contributed by atoms with E-state index in [0.717, 1.165) is 0 Å². The van der Waals surface area contributed by atoms with E-state index < -0.39 is 34.7 Å². The first-order chi connectivity index (χ1) is 13.2. The van der Waals surface area contributed by atoms with Crippen molar-refractivity contribution in [2.45, 2.75) is 104 Å². The van der Waals surface area contributed by atoms with Gasteiger partial charge < -0.3 is 19.5 Å². The molecule has 0 aromatic heterocycles. The Morgan fingerprint density at radius 2 is 1.40 bits per heavy atom. The van der Waals surface area contributed by atoms with Crippen molar-refractivity contribution in [1.82, 2.24) is 10.3 Å². The Hall–Kier alpha value is -1.36. The Balaban J connectivity index is 5.46. The van der Waals surface area contributed by atoms with Crippen molar-refractivity contribution >= 4 is 34.5 Å². The molecule has 0 saturated heterocycles. The monoisotopic (exact) mass is 460 g/mol. The van der Waals surface area contributed by atoms with Crippen molar-refractivity contribution < 1.29 is 23.5 Å². The first-order valence-electron chi connectivity index (χ1n) is 10.7. The summed E-state index contributed by atoms with van der Waals surface area (Å²) in [5.74, 6) is -0.702. The SMILES string of the molecule is CC(C)COC(=O)NC(CC(=O)N[Si](C)(C)C(C)(C)C)C(=O)O[Si](C)(C)C(C)(C)C. The van der Waals surface area contributed by atoms with Crippen LogP contribution in [-0.4, -0.2) is 47.2 Å². The van der Waals surface area contributed by atoms with Crippen molar-refractivity contribution in [3.8, 4) is 0 Å². The molecule has 0 fully saturated rings. The fourth-order valence-corrected chi connectivity index (χ4v) is 3.99. The Bertz CT molecular complexity index is 620. The number of carbonyl (C=O) groups is 3. The van der Waals surface area contributed by atoms with Gasteiger partial charge in [-0.1, -0.05) is 68.5 Å². The van der Waals surface area contributed by atoms with Crippen LogP contribution in [0.3, 0.4) is 0 Å². The predicted molar refractivity (Wildman–Crippen MR) is 126 cm³/mol. The smallest absolute Gasteiger partial charge is 0.407 e. The van der Waals surface area contributed by atoms with Crippen LogP contribution < -0.4 is 10.3 Å². The molecule has 176 valence electrons. The van der Waals surface area contributed by atoms with Crippen molar-refractivity contribution in [2.75, 3.05) is 6.61 Å². The van der Waals surface area contributed by atoms with E-state index in [1.807, 2.05) is 47.7 Å². The van der Waals surface area contributed by atoms with E-state index in [1.165, 1.54) is 0 Å². The highest BCUT2D eigenvalue weighted by atomic mass is 28.4. The van der Waals surface area contributed by atoms with Crippen LogP contribution in [0, 0.1) is 5.92 Å². The normalized spacial score (nSPS) is 14.2. The summed E-state index contributed by atoms with van der Waals surface area (Å²) >= 11 is 0. The summed E-state index contributed by atoms with van der Waals surface area (Å²) in [5.41, 5.74) is 0. The molecule has 0 aliphatic carbocycles. The molecule has 0 spiro atoms. The lowest BCUT2D eigenvalue weighted by Crippen LogP contribution is -2.57. The average molecular weight is 461 g/mol. The van der Waals surface area contributed by atoms with E-state index in [0.29, 0.717) is 0 Å². The number of hydrogen-bond donors (Lipinski definition) is 2. The minimum atomic E-state index is -2.41. The van der Waals surface area contributed by atoms with Gasteiger partial charge in [-0.3, -0.25) is 9.59 Å². The Morgan fingerprint density at radius 3 is 1.80 bits per heavy atom. The van der Waals surface area contributed by atoms with E-state index in [-0.39, 0.29) is 34.9 Å². The molecule has 0 aromatic rings. The fraction of sp³-hybridized carbons (Fsp3) is 0.857. The molecule has 0 aliphatic rings. The largest absolute Gasteiger partial charge is 0.518 e. The molecule has 2 amide bonds. The number of rotatable bonds is 8. The topological polar surface area (TPSA) is 93.7 Å². The van der Waals surface area contributed by atoms with E-state index in [9.17, 15) is 14.4 Å². The zero-order valence-electron chi connectivity index (χ0n) is 21.1. The van der Waals surface area contributed by atoms with Crippen molar-refractivity contribution in [3.63, 3.8) is 0 Å². The van der Waals surface area contributed by atoms with Gasteiger partial charge in [0.15, 0.2) is 8.24 Å². The summed E-state index contributed by atoms with van der Waals surface area (Å²) in [5, 5.41) is 2.30. The maximum atomic E-state index is 13.0. The lowest BCUT2D eigenvalue weighted by molar-refractivity contribution is -0.139. The minimum absolute atomic E-state index is 0.0522. The lowest BCUT2D eigenvalue weighted by Gasteiger charge is -2.38. The van der Waals surface area contributed by atoms with Gasteiger partial charge >= 0.3 is 12.1 Å². The molecule has 1 atom stereocenters. The predicted octanol–water partition coefficient (Wildman–Crippen LogP) is 4.80. The lowest BCUT2D eigenvalue weighted by atomic mass is 10.2. The highest BCUT2D eigenvalue weighted by Gasteiger charge is 2.43. The maximum absolute atomic E-state index is 13.0. The van der Waals surface area contributed by atoms with Gasteiger partial charge in [0.2, 0.25) is 5.91 Å². The number of amides is 2. The van der Waals surface area contributed by atoms with Crippen molar-refractivity contribution in [3.05, 3.63) is 0 Å². The number of ether oxygens (including phenoxy) is 1. The summed E-state index contributed by atoms with van der Waals surface area (Å²) in [6.45, 7) is 24.4. The highest BCUT2D eigenvalue weighted by molar-refractivity contribution is 6.79. The molecule has 0 saturated carbocycles. The average Bonchev–Trinajstić information content (AvgIpc) is 2.48. The van der Waals surface area contributed by atoms with Gasteiger partial charge in [-0.15, -0.1) is 0 Å². The van der Waals surface area contributed by atoms with E-state index in [1.54, 1.807) is 0 Å². The van der Waals surface area contributed by atoms with Crippen LogP contribution in [0.2, 0.25) is 36.3 Å². The zero-order chi connectivity index (χ0) is 24.1. The molecule has 9 heteroatoms. The highest BCUT2D eigenvalue weighted by Crippen LogP contribution is 2.37. The number of nitrogens with one attached hydrogen (secondary N) is 2. The van der Waals surface area contributed by atoms with Gasteiger partial charge in [-0.25, -0.2) is 4.79 Å². The molecule has 0 bridgehead atoms. The third-order valence-electron chi connectivity index (χ3n) is 6.00. The van der Waals surface area contributed by atoms with Gasteiger partial charge in [0.05, 0.1) is 13.0 Å². The van der Waals surface area contributed by atoms with Crippen LogP contribution in [0.5, 0.6) is 0 Å². The number of alkyl carbamates (subject to hydrolysis) is 1. The molecular weight excluding hydrogens is 416 g/mol. The third-order valence-corrected chi connectivity index (χ3v) is 15.0. The van der Waals surface area contributed by atoms with Crippen molar-refractivity contribution in [1.29, 1.82) is 0 Å². The summed E-state index contributed by atoms with van der Waals surface area (Å²) in [6, 6.07) is -1.09. The first kappa shape index (κ1) is 28.6. The van der Waals surface area contributed by atoms with Crippen LogP contribution in [0.4, 0.5) is 4.79 Å².